The van der Waals surface area contributed by atoms with E-state index in [1.807, 2.05) is 24.3 Å². The van der Waals surface area contributed by atoms with Crippen LogP contribution in [0, 0.1) is 0 Å². The normalized spacial score (nSPS) is 11.2. The van der Waals surface area contributed by atoms with Gasteiger partial charge in [0.2, 0.25) is 17.7 Å². The quantitative estimate of drug-likeness (QED) is 0.103. The third kappa shape index (κ3) is 11.5. The number of carbonyl (C=O) groups excluding carboxylic acids is 1. The van der Waals surface area contributed by atoms with E-state index in [-0.39, 0.29) is 70.0 Å². The van der Waals surface area contributed by atoms with E-state index in [0.717, 1.165) is 22.5 Å². The number of amides is 2. The monoisotopic (exact) mass is 768 g/mol. The molecule has 4 aromatic rings. The van der Waals surface area contributed by atoms with Crippen molar-refractivity contribution < 1.29 is 43.5 Å². The van der Waals surface area contributed by atoms with Crippen LogP contribution in [0.2, 0.25) is 0 Å². The van der Waals surface area contributed by atoms with Crippen molar-refractivity contribution in [2.45, 2.75) is 72.3 Å². The van der Waals surface area contributed by atoms with Gasteiger partial charge in [0.25, 0.3) is 11.1 Å². The molecule has 0 bridgehead atoms. The molecule has 294 valence electrons. The maximum Gasteiger partial charge on any atom is 0.407 e. The predicted molar refractivity (Wildman–Crippen MR) is 209 cm³/mol. The minimum Gasteiger partial charge on any atom is -0.504 e. The fourth-order valence-electron chi connectivity index (χ4n) is 4.82. The highest BCUT2D eigenvalue weighted by Gasteiger charge is 2.23. The molecule has 0 spiro atoms. The van der Waals surface area contributed by atoms with E-state index < -0.39 is 12.0 Å². The lowest BCUT2D eigenvalue weighted by Gasteiger charge is -2.23. The Hall–Kier alpha value is -5.51. The van der Waals surface area contributed by atoms with E-state index >= 15 is 0 Å². The molecule has 0 aliphatic carbocycles. The smallest absolute Gasteiger partial charge is 0.407 e. The van der Waals surface area contributed by atoms with Crippen LogP contribution in [0.5, 0.6) is 40.0 Å². The third-order valence-corrected chi connectivity index (χ3v) is 8.68. The first-order valence-electron chi connectivity index (χ1n) is 17.1. The Labute approximate surface area is 320 Å². The summed E-state index contributed by atoms with van der Waals surface area (Å²) in [6, 6.07) is 11.0. The van der Waals surface area contributed by atoms with Crippen LogP contribution in [0.3, 0.4) is 0 Å². The zero-order valence-electron chi connectivity index (χ0n) is 33.0. The number of carboxylic acid groups (broad SMARTS) is 1. The third-order valence-electron chi connectivity index (χ3n) is 7.96. The molecule has 0 saturated carbocycles. The number of aromatic nitrogens is 3. The molecule has 4 N–H and O–H groups in total. The van der Waals surface area contributed by atoms with Gasteiger partial charge in [0.05, 0.1) is 28.4 Å². The number of benzene rings is 2. The van der Waals surface area contributed by atoms with Crippen molar-refractivity contribution in [2.24, 2.45) is 0 Å². The average Bonchev–Trinajstić information content (AvgIpc) is 3.58. The van der Waals surface area contributed by atoms with Crippen LogP contribution < -0.4 is 34.3 Å². The standard InChI is InChI=1S/C27H36N6O7S.C11H16O2/c1-15(2)33(26(35)36)12-11-28-24-31-22(38-7)20(23(32-24)39-8)30-21(34)17-14-41-25(29-17)40-19-13-16(27(3,4)5)9-10-18(19)37-6;1-11(2,3)8-5-6-10(13-4)9(12)7-8/h9-10,13-15H,11-12H2,1-8H3,(H,30,34)(H,35,36)(H,28,31,32);5-7,12H,1-4H3. The van der Waals surface area contributed by atoms with Crippen LogP contribution >= 0.6 is 11.3 Å². The molecule has 0 unspecified atom stereocenters. The number of rotatable bonds is 13. The minimum atomic E-state index is -1.02. The second kappa shape index (κ2) is 18.5. The first kappa shape index (κ1) is 42.9. The van der Waals surface area contributed by atoms with Crippen molar-refractivity contribution in [3.8, 4) is 40.0 Å². The number of aromatic hydroxyl groups is 1. The Kier molecular flexibility index (Phi) is 14.7. The minimum absolute atomic E-state index is 0.0436. The molecule has 2 heterocycles. The molecule has 0 aliphatic heterocycles. The van der Waals surface area contributed by atoms with Crippen LogP contribution in [0.25, 0.3) is 0 Å². The zero-order valence-corrected chi connectivity index (χ0v) is 33.8. The summed E-state index contributed by atoms with van der Waals surface area (Å²) < 4.78 is 27.1. The second-order valence-electron chi connectivity index (χ2n) is 14.2. The van der Waals surface area contributed by atoms with Gasteiger partial charge in [-0.15, -0.1) is 0 Å². The highest BCUT2D eigenvalue weighted by atomic mass is 32.1. The lowest BCUT2D eigenvalue weighted by atomic mass is 9.87. The maximum atomic E-state index is 13.1. The van der Waals surface area contributed by atoms with Crippen LogP contribution in [0.4, 0.5) is 16.4 Å². The topological polar surface area (TPSA) is 187 Å². The molecule has 15 nitrogen and oxygen atoms in total. The second-order valence-corrected chi connectivity index (χ2v) is 15.1. The summed E-state index contributed by atoms with van der Waals surface area (Å²) in [6.07, 6.45) is -1.02. The average molecular weight is 769 g/mol. The summed E-state index contributed by atoms with van der Waals surface area (Å²) in [4.78, 5) is 38.6. The SMILES string of the molecule is COc1ccc(C(C)(C)C)cc1O.COc1ccc(C(C)(C)C)cc1Oc1nc(C(=O)Nc2c(OC)nc(NCCN(C(=O)O)C(C)C)nc2OC)cs1. The van der Waals surface area contributed by atoms with E-state index in [4.69, 9.17) is 23.7 Å². The van der Waals surface area contributed by atoms with Gasteiger partial charge < -0.3 is 49.4 Å². The Morgan fingerprint density at radius 2 is 1.37 bits per heavy atom. The van der Waals surface area contributed by atoms with E-state index in [2.05, 4.69) is 67.1 Å². The van der Waals surface area contributed by atoms with Gasteiger partial charge in [0.15, 0.2) is 28.7 Å². The molecule has 2 amide bonds. The summed E-state index contributed by atoms with van der Waals surface area (Å²) in [5.41, 5.74) is 2.32. The van der Waals surface area contributed by atoms with Gasteiger partial charge in [-0.25, -0.2) is 4.79 Å². The summed E-state index contributed by atoms with van der Waals surface area (Å²) in [6.45, 7) is 16.6. The van der Waals surface area contributed by atoms with Gasteiger partial charge >= 0.3 is 6.09 Å². The lowest BCUT2D eigenvalue weighted by Crippen LogP contribution is -2.39. The summed E-state index contributed by atoms with van der Waals surface area (Å²) >= 11 is 1.15. The molecule has 54 heavy (non-hydrogen) atoms. The van der Waals surface area contributed by atoms with E-state index in [0.29, 0.717) is 17.2 Å². The highest BCUT2D eigenvalue weighted by molar-refractivity contribution is 7.11. The number of nitrogens with one attached hydrogen (secondary N) is 2. The molecule has 16 heteroatoms. The van der Waals surface area contributed by atoms with Crippen molar-refractivity contribution in [1.29, 1.82) is 0 Å². The predicted octanol–water partition coefficient (Wildman–Crippen LogP) is 7.80. The van der Waals surface area contributed by atoms with Gasteiger partial charge in [0.1, 0.15) is 5.69 Å². The van der Waals surface area contributed by atoms with E-state index in [1.165, 1.54) is 19.1 Å². The number of phenolic OH excluding ortho intramolecular Hbond substituents is 1. The molecule has 4 rings (SSSR count). The number of nitrogens with zero attached hydrogens (tertiary/aromatic N) is 4. The highest BCUT2D eigenvalue weighted by Crippen LogP contribution is 2.38. The fraction of sp³-hybridized carbons (Fsp3) is 0.447. The number of anilines is 2. The molecular formula is C38H52N6O9S. The molecule has 0 fully saturated rings. The molecule has 2 aromatic heterocycles. The molecule has 0 saturated heterocycles. The molecule has 0 radical (unpaired) electrons. The van der Waals surface area contributed by atoms with Gasteiger partial charge in [-0.1, -0.05) is 65.0 Å². The lowest BCUT2D eigenvalue weighted by molar-refractivity contribution is 0.102. The number of methoxy groups -OCH3 is 4. The number of phenols is 1. The van der Waals surface area contributed by atoms with Crippen LogP contribution in [0.15, 0.2) is 41.8 Å². The number of hydrogen-bond donors (Lipinski definition) is 4. The summed E-state index contributed by atoms with van der Waals surface area (Å²) in [5.74, 6) is 1.43. The van der Waals surface area contributed by atoms with Crippen molar-refractivity contribution in [2.75, 3.05) is 52.2 Å². The molecule has 2 aromatic carbocycles. The van der Waals surface area contributed by atoms with Crippen molar-refractivity contribution in [3.05, 3.63) is 58.6 Å². The number of carbonyl (C=O) groups is 2. The maximum absolute atomic E-state index is 13.1. The summed E-state index contributed by atoms with van der Waals surface area (Å²) in [5, 5.41) is 26.3. The molecule has 0 atom stereocenters. The van der Waals surface area contributed by atoms with E-state index in [9.17, 15) is 19.8 Å². The van der Waals surface area contributed by atoms with Crippen LogP contribution in [-0.4, -0.2) is 89.6 Å². The Morgan fingerprint density at radius 1 is 0.815 bits per heavy atom. The van der Waals surface area contributed by atoms with Gasteiger partial charge in [0, 0.05) is 24.5 Å². The van der Waals surface area contributed by atoms with E-state index in [1.54, 1.807) is 45.6 Å². The summed E-state index contributed by atoms with van der Waals surface area (Å²) in [7, 11) is 5.88. The number of thiazole rings is 1. The molecule has 0 aliphatic rings. The first-order valence-corrected chi connectivity index (χ1v) is 17.9. The Balaban J connectivity index is 0.000000507. The Bertz CT molecular complexity index is 1860. The van der Waals surface area contributed by atoms with Crippen LogP contribution in [0.1, 0.15) is 77.0 Å². The molecular weight excluding hydrogens is 717 g/mol. The Morgan fingerprint density at radius 3 is 1.85 bits per heavy atom. The fourth-order valence-corrected chi connectivity index (χ4v) is 5.49. The van der Waals surface area contributed by atoms with Crippen LogP contribution in [-0.2, 0) is 10.8 Å². The van der Waals surface area contributed by atoms with Crippen molar-refractivity contribution >= 4 is 35.0 Å². The van der Waals surface area contributed by atoms with Gasteiger partial charge in [-0.3, -0.25) is 4.79 Å². The van der Waals surface area contributed by atoms with Crippen molar-refractivity contribution in [1.82, 2.24) is 19.9 Å². The van der Waals surface area contributed by atoms with Gasteiger partial charge in [-0.2, -0.15) is 15.0 Å². The largest absolute Gasteiger partial charge is 0.504 e. The van der Waals surface area contributed by atoms with Gasteiger partial charge in [-0.05, 0) is 60.1 Å². The van der Waals surface area contributed by atoms with Crippen molar-refractivity contribution in [3.63, 3.8) is 0 Å². The first-order chi connectivity index (χ1) is 25.3. The number of hydrogen-bond acceptors (Lipinski definition) is 13. The number of ether oxygens (including phenoxy) is 5. The zero-order chi connectivity index (χ0) is 40.4.